The molecular formula is C18H34IN7O. The van der Waals surface area contributed by atoms with Gasteiger partial charge in [-0.05, 0) is 38.8 Å². The summed E-state index contributed by atoms with van der Waals surface area (Å²) in [4.78, 5) is 20.9. The second-order valence-electron chi connectivity index (χ2n) is 6.85. The van der Waals surface area contributed by atoms with Gasteiger partial charge in [-0.25, -0.2) is 4.99 Å². The van der Waals surface area contributed by atoms with Gasteiger partial charge in [-0.2, -0.15) is 5.10 Å². The molecule has 8 nitrogen and oxygen atoms in total. The summed E-state index contributed by atoms with van der Waals surface area (Å²) in [5.74, 6) is 1.04. The number of nitrogens with zero attached hydrogens (tertiary/aromatic N) is 5. The van der Waals surface area contributed by atoms with Crippen molar-refractivity contribution in [2.45, 2.75) is 38.8 Å². The SMILES string of the molecule is CCNC(=NCc1ccnn1C)NCCCN1CCCC1C(=O)N(C)C.I. The summed E-state index contributed by atoms with van der Waals surface area (Å²) in [6.45, 7) is 6.25. The molecule has 0 radical (unpaired) electrons. The van der Waals surface area contributed by atoms with Gasteiger partial charge in [0, 0.05) is 47.0 Å². The summed E-state index contributed by atoms with van der Waals surface area (Å²) < 4.78 is 1.84. The van der Waals surface area contributed by atoms with E-state index in [1.807, 2.05) is 31.9 Å². The summed E-state index contributed by atoms with van der Waals surface area (Å²) >= 11 is 0. The Morgan fingerprint density at radius 3 is 2.81 bits per heavy atom. The van der Waals surface area contributed by atoms with Crippen molar-refractivity contribution >= 4 is 35.8 Å². The Hall–Kier alpha value is -1.36. The molecular weight excluding hydrogens is 457 g/mol. The van der Waals surface area contributed by atoms with E-state index in [0.29, 0.717) is 6.54 Å². The molecule has 1 aliphatic rings. The number of amides is 1. The Labute approximate surface area is 179 Å². The van der Waals surface area contributed by atoms with Gasteiger partial charge in [0.15, 0.2) is 5.96 Å². The molecule has 2 N–H and O–H groups in total. The molecule has 2 rings (SSSR count). The van der Waals surface area contributed by atoms with Crippen LogP contribution in [0.1, 0.15) is 31.9 Å². The number of aliphatic imine (C=N–C) groups is 1. The van der Waals surface area contributed by atoms with Crippen molar-refractivity contribution < 1.29 is 4.79 Å². The molecule has 2 heterocycles. The van der Waals surface area contributed by atoms with E-state index in [4.69, 9.17) is 0 Å². The number of carbonyl (C=O) groups excluding carboxylic acids is 1. The number of rotatable bonds is 8. The van der Waals surface area contributed by atoms with Crippen LogP contribution in [0.25, 0.3) is 0 Å². The molecule has 27 heavy (non-hydrogen) atoms. The fourth-order valence-electron chi connectivity index (χ4n) is 3.22. The van der Waals surface area contributed by atoms with Crippen LogP contribution in [0.5, 0.6) is 0 Å². The van der Waals surface area contributed by atoms with Crippen molar-refractivity contribution in [2.24, 2.45) is 12.0 Å². The molecule has 9 heteroatoms. The highest BCUT2D eigenvalue weighted by molar-refractivity contribution is 14.0. The second-order valence-corrected chi connectivity index (χ2v) is 6.85. The molecule has 0 aliphatic carbocycles. The van der Waals surface area contributed by atoms with E-state index in [1.54, 1.807) is 11.1 Å². The van der Waals surface area contributed by atoms with Gasteiger partial charge >= 0.3 is 0 Å². The van der Waals surface area contributed by atoms with E-state index >= 15 is 0 Å². The first kappa shape index (κ1) is 23.7. The molecule has 154 valence electrons. The average Bonchev–Trinajstić information content (AvgIpc) is 3.24. The van der Waals surface area contributed by atoms with Gasteiger partial charge in [0.25, 0.3) is 0 Å². The molecule has 0 saturated carbocycles. The highest BCUT2D eigenvalue weighted by Crippen LogP contribution is 2.18. The van der Waals surface area contributed by atoms with E-state index in [0.717, 1.165) is 57.1 Å². The number of hydrogen-bond donors (Lipinski definition) is 2. The minimum absolute atomic E-state index is 0. The van der Waals surface area contributed by atoms with Gasteiger partial charge < -0.3 is 15.5 Å². The predicted molar refractivity (Wildman–Crippen MR) is 119 cm³/mol. The summed E-state index contributed by atoms with van der Waals surface area (Å²) in [5, 5.41) is 10.8. The summed E-state index contributed by atoms with van der Waals surface area (Å²) in [6.07, 6.45) is 4.84. The van der Waals surface area contributed by atoms with Crippen LogP contribution in [0.15, 0.2) is 17.3 Å². The van der Waals surface area contributed by atoms with Crippen molar-refractivity contribution in [3.05, 3.63) is 18.0 Å². The molecule has 1 aliphatic heterocycles. The highest BCUT2D eigenvalue weighted by atomic mass is 127. The van der Waals surface area contributed by atoms with Crippen molar-refractivity contribution in [3.8, 4) is 0 Å². The van der Waals surface area contributed by atoms with Gasteiger partial charge in [-0.15, -0.1) is 24.0 Å². The molecule has 0 aromatic carbocycles. The maximum absolute atomic E-state index is 12.2. The molecule has 1 atom stereocenters. The van der Waals surface area contributed by atoms with Crippen LogP contribution >= 0.6 is 24.0 Å². The number of likely N-dealkylation sites (tertiary alicyclic amines) is 1. The van der Waals surface area contributed by atoms with Crippen LogP contribution in [0.4, 0.5) is 0 Å². The molecule has 1 aromatic heterocycles. The largest absolute Gasteiger partial charge is 0.357 e. The number of aromatic nitrogens is 2. The van der Waals surface area contributed by atoms with Crippen LogP contribution in [0, 0.1) is 0 Å². The minimum atomic E-state index is 0. The summed E-state index contributed by atoms with van der Waals surface area (Å²) in [6, 6.07) is 2.03. The molecule has 1 amide bonds. The predicted octanol–water partition coefficient (Wildman–Crippen LogP) is 1.04. The first-order valence-electron chi connectivity index (χ1n) is 9.47. The van der Waals surface area contributed by atoms with Crippen LogP contribution in [0.2, 0.25) is 0 Å². The Morgan fingerprint density at radius 2 is 2.19 bits per heavy atom. The molecule has 1 saturated heterocycles. The average molecular weight is 491 g/mol. The normalized spacial score (nSPS) is 17.5. The van der Waals surface area contributed by atoms with E-state index in [2.05, 4.69) is 32.5 Å². The van der Waals surface area contributed by atoms with E-state index in [1.165, 1.54) is 0 Å². The third-order valence-electron chi connectivity index (χ3n) is 4.67. The topological polar surface area (TPSA) is 77.8 Å². The van der Waals surface area contributed by atoms with Gasteiger partial charge in [-0.1, -0.05) is 0 Å². The number of guanidine groups is 1. The zero-order valence-corrected chi connectivity index (χ0v) is 19.3. The Kier molecular flexibility index (Phi) is 10.7. The van der Waals surface area contributed by atoms with Crippen molar-refractivity contribution in [3.63, 3.8) is 0 Å². The zero-order chi connectivity index (χ0) is 18.9. The highest BCUT2D eigenvalue weighted by Gasteiger charge is 2.30. The fraction of sp³-hybridized carbons (Fsp3) is 0.722. The lowest BCUT2D eigenvalue weighted by Gasteiger charge is -2.26. The number of halogens is 1. The fourth-order valence-corrected chi connectivity index (χ4v) is 3.22. The Bertz CT molecular complexity index is 602. The monoisotopic (exact) mass is 491 g/mol. The van der Waals surface area contributed by atoms with Crippen LogP contribution in [-0.2, 0) is 18.4 Å². The van der Waals surface area contributed by atoms with Gasteiger partial charge in [0.1, 0.15) is 0 Å². The lowest BCUT2D eigenvalue weighted by molar-refractivity contribution is -0.133. The maximum Gasteiger partial charge on any atom is 0.239 e. The third kappa shape index (κ3) is 7.28. The van der Waals surface area contributed by atoms with Crippen molar-refractivity contribution in [1.82, 2.24) is 30.2 Å². The van der Waals surface area contributed by atoms with Crippen LogP contribution in [-0.4, -0.2) is 77.8 Å². The number of carbonyl (C=O) groups is 1. The Balaban J connectivity index is 0.00000364. The number of likely N-dealkylation sites (N-methyl/N-ethyl adjacent to an activating group) is 1. The molecule has 0 bridgehead atoms. The van der Waals surface area contributed by atoms with E-state index < -0.39 is 0 Å². The summed E-state index contributed by atoms with van der Waals surface area (Å²) in [7, 11) is 5.59. The smallest absolute Gasteiger partial charge is 0.239 e. The standard InChI is InChI=1S/C18H33N7O.HI/c1-5-19-18(21-14-15-9-11-22-24(15)4)20-10-7-13-25-12-6-8-16(25)17(26)23(2)3;/h9,11,16H,5-8,10,12-14H2,1-4H3,(H2,19,20,21);1H. The molecule has 1 unspecified atom stereocenters. The zero-order valence-electron chi connectivity index (χ0n) is 16.9. The Morgan fingerprint density at radius 1 is 1.41 bits per heavy atom. The lowest BCUT2D eigenvalue weighted by Crippen LogP contribution is -2.44. The molecule has 0 spiro atoms. The molecule has 1 aromatic rings. The summed E-state index contributed by atoms with van der Waals surface area (Å²) in [5.41, 5.74) is 1.07. The first-order chi connectivity index (χ1) is 12.5. The van der Waals surface area contributed by atoms with Crippen LogP contribution < -0.4 is 10.6 Å². The minimum Gasteiger partial charge on any atom is -0.357 e. The van der Waals surface area contributed by atoms with Gasteiger partial charge in [-0.3, -0.25) is 14.4 Å². The number of hydrogen-bond acceptors (Lipinski definition) is 4. The van der Waals surface area contributed by atoms with E-state index in [-0.39, 0.29) is 35.9 Å². The maximum atomic E-state index is 12.2. The molecule has 1 fully saturated rings. The number of nitrogens with one attached hydrogen (secondary N) is 2. The van der Waals surface area contributed by atoms with Gasteiger partial charge in [0.05, 0.1) is 18.3 Å². The van der Waals surface area contributed by atoms with E-state index in [9.17, 15) is 4.79 Å². The quantitative estimate of drug-likeness (QED) is 0.246. The van der Waals surface area contributed by atoms with Gasteiger partial charge in [0.2, 0.25) is 5.91 Å². The first-order valence-corrected chi connectivity index (χ1v) is 9.47. The van der Waals surface area contributed by atoms with Crippen molar-refractivity contribution in [2.75, 3.05) is 40.3 Å². The van der Waals surface area contributed by atoms with Crippen LogP contribution in [0.3, 0.4) is 0 Å². The second kappa shape index (κ2) is 12.2. The lowest BCUT2D eigenvalue weighted by atomic mass is 10.2. The third-order valence-corrected chi connectivity index (χ3v) is 4.67. The number of aryl methyl sites for hydroxylation is 1. The van der Waals surface area contributed by atoms with Crippen molar-refractivity contribution in [1.29, 1.82) is 0 Å².